The van der Waals surface area contributed by atoms with Crippen molar-refractivity contribution in [3.63, 3.8) is 0 Å². The Morgan fingerprint density at radius 1 is 1.04 bits per heavy atom. The van der Waals surface area contributed by atoms with E-state index in [1.807, 2.05) is 29.2 Å². The molecule has 6 heteroatoms. The normalized spacial score (nSPS) is 22.6. The third kappa shape index (κ3) is 3.12. The minimum atomic E-state index is 0.00128. The van der Waals surface area contributed by atoms with Crippen LogP contribution in [0.15, 0.2) is 36.7 Å². The van der Waals surface area contributed by atoms with E-state index >= 15 is 0 Å². The minimum absolute atomic E-state index is 0.00128. The van der Waals surface area contributed by atoms with Crippen LogP contribution >= 0.6 is 11.3 Å². The average Bonchev–Trinajstić information content (AvgIpc) is 3.17. The van der Waals surface area contributed by atoms with Crippen molar-refractivity contribution in [1.29, 1.82) is 0 Å². The van der Waals surface area contributed by atoms with Crippen molar-refractivity contribution in [2.45, 2.75) is 32.1 Å². The molecule has 1 saturated heterocycles. The molecule has 0 unspecified atom stereocenters. The van der Waals surface area contributed by atoms with Gasteiger partial charge in [0.25, 0.3) is 5.91 Å². The molecule has 1 aliphatic carbocycles. The van der Waals surface area contributed by atoms with Gasteiger partial charge in [0.05, 0.1) is 10.2 Å². The second-order valence-electron chi connectivity index (χ2n) is 7.58. The first kappa shape index (κ1) is 16.8. The zero-order valence-corrected chi connectivity index (χ0v) is 16.0. The largest absolute Gasteiger partial charge is 0.337 e. The van der Waals surface area contributed by atoms with E-state index in [1.54, 1.807) is 23.7 Å². The van der Waals surface area contributed by atoms with Gasteiger partial charge in [-0.1, -0.05) is 31.4 Å². The van der Waals surface area contributed by atoms with E-state index in [0.717, 1.165) is 40.7 Å². The summed E-state index contributed by atoms with van der Waals surface area (Å²) in [5.74, 6) is 1.45. The molecule has 0 radical (unpaired) electrons. The fourth-order valence-electron chi connectivity index (χ4n) is 4.56. The SMILES string of the molecule is O=C(c1nccnc1-c1nc2ccccc2s1)N1CC[C@@H]2CCCC[C@@H]2C1. The van der Waals surface area contributed by atoms with Crippen LogP contribution < -0.4 is 0 Å². The highest BCUT2D eigenvalue weighted by Crippen LogP contribution is 2.37. The number of nitrogens with zero attached hydrogens (tertiary/aromatic N) is 4. The summed E-state index contributed by atoms with van der Waals surface area (Å²) in [5.41, 5.74) is 1.98. The maximum absolute atomic E-state index is 13.3. The Morgan fingerprint density at radius 3 is 2.74 bits per heavy atom. The number of amides is 1. The van der Waals surface area contributed by atoms with Crippen LogP contribution in [-0.2, 0) is 0 Å². The van der Waals surface area contributed by atoms with Gasteiger partial charge in [0.1, 0.15) is 10.7 Å². The Kier molecular flexibility index (Phi) is 4.36. The molecule has 2 aromatic heterocycles. The van der Waals surface area contributed by atoms with Crippen molar-refractivity contribution in [3.05, 3.63) is 42.4 Å². The average molecular weight is 379 g/mol. The fraction of sp³-hybridized carbons (Fsp3) is 0.429. The standard InChI is InChI=1S/C21H22N4OS/c26-21(25-12-9-14-5-1-2-6-15(14)13-25)19-18(22-10-11-23-19)20-24-16-7-3-4-8-17(16)27-20/h3-4,7-8,10-11,14-15H,1-2,5-6,9,12-13H2/t14-,15+/m0/s1. The predicted molar refractivity (Wildman–Crippen MR) is 107 cm³/mol. The van der Waals surface area contributed by atoms with Gasteiger partial charge >= 0.3 is 0 Å². The van der Waals surface area contributed by atoms with Crippen molar-refractivity contribution in [2.24, 2.45) is 11.8 Å². The quantitative estimate of drug-likeness (QED) is 0.663. The molecule has 2 atom stereocenters. The molecule has 0 N–H and O–H groups in total. The highest BCUT2D eigenvalue weighted by Gasteiger charge is 2.34. The minimum Gasteiger partial charge on any atom is -0.337 e. The molecule has 138 valence electrons. The Balaban J connectivity index is 1.46. The van der Waals surface area contributed by atoms with E-state index < -0.39 is 0 Å². The predicted octanol–water partition coefficient (Wildman–Crippen LogP) is 4.41. The maximum atomic E-state index is 13.3. The molecule has 3 aromatic rings. The Labute approximate surface area is 162 Å². The number of carbonyl (C=O) groups excluding carboxylic acids is 1. The molecule has 5 nitrogen and oxygen atoms in total. The summed E-state index contributed by atoms with van der Waals surface area (Å²) in [6.07, 6.45) is 9.59. The van der Waals surface area contributed by atoms with E-state index in [0.29, 0.717) is 17.3 Å². The van der Waals surface area contributed by atoms with E-state index in [1.165, 1.54) is 25.7 Å². The number of hydrogen-bond donors (Lipinski definition) is 0. The molecular weight excluding hydrogens is 356 g/mol. The van der Waals surface area contributed by atoms with Crippen LogP contribution in [0.4, 0.5) is 0 Å². The number of thiazole rings is 1. The van der Waals surface area contributed by atoms with Gasteiger partial charge in [0.15, 0.2) is 5.69 Å². The van der Waals surface area contributed by atoms with Gasteiger partial charge < -0.3 is 4.90 Å². The zero-order valence-electron chi connectivity index (χ0n) is 15.2. The summed E-state index contributed by atoms with van der Waals surface area (Å²) in [4.78, 5) is 28.9. The topological polar surface area (TPSA) is 59.0 Å². The van der Waals surface area contributed by atoms with Gasteiger partial charge in [-0.05, 0) is 36.8 Å². The number of para-hydroxylation sites is 1. The molecule has 1 aromatic carbocycles. The van der Waals surface area contributed by atoms with Crippen LogP contribution in [0.1, 0.15) is 42.6 Å². The number of benzene rings is 1. The third-order valence-electron chi connectivity index (χ3n) is 5.98. The monoisotopic (exact) mass is 378 g/mol. The number of fused-ring (bicyclic) bond motifs is 2. The number of hydrogen-bond acceptors (Lipinski definition) is 5. The van der Waals surface area contributed by atoms with Crippen LogP contribution in [0.3, 0.4) is 0 Å². The molecule has 3 heterocycles. The smallest absolute Gasteiger partial charge is 0.274 e. The molecule has 0 bridgehead atoms. The van der Waals surface area contributed by atoms with E-state index in [-0.39, 0.29) is 5.91 Å². The van der Waals surface area contributed by atoms with Gasteiger partial charge in [-0.25, -0.2) is 15.0 Å². The molecular formula is C21H22N4OS. The van der Waals surface area contributed by atoms with Crippen molar-refractivity contribution in [2.75, 3.05) is 13.1 Å². The van der Waals surface area contributed by atoms with Crippen molar-refractivity contribution in [1.82, 2.24) is 19.9 Å². The van der Waals surface area contributed by atoms with Crippen LogP contribution in [0.25, 0.3) is 20.9 Å². The molecule has 5 rings (SSSR count). The van der Waals surface area contributed by atoms with Crippen molar-refractivity contribution < 1.29 is 4.79 Å². The lowest BCUT2D eigenvalue weighted by atomic mass is 9.75. The number of carbonyl (C=O) groups is 1. The maximum Gasteiger partial charge on any atom is 0.274 e. The van der Waals surface area contributed by atoms with E-state index in [9.17, 15) is 4.79 Å². The summed E-state index contributed by atoms with van der Waals surface area (Å²) >= 11 is 1.56. The van der Waals surface area contributed by atoms with Crippen LogP contribution in [-0.4, -0.2) is 38.8 Å². The molecule has 1 aliphatic heterocycles. The first-order valence-electron chi connectivity index (χ1n) is 9.76. The van der Waals surface area contributed by atoms with E-state index in [2.05, 4.69) is 15.0 Å². The molecule has 2 aliphatic rings. The first-order chi connectivity index (χ1) is 13.3. The highest BCUT2D eigenvalue weighted by molar-refractivity contribution is 7.21. The molecule has 2 fully saturated rings. The lowest BCUT2D eigenvalue weighted by Gasteiger charge is -2.41. The number of rotatable bonds is 2. The van der Waals surface area contributed by atoms with Crippen LogP contribution in [0, 0.1) is 11.8 Å². The van der Waals surface area contributed by atoms with Crippen molar-refractivity contribution in [3.8, 4) is 10.7 Å². The van der Waals surface area contributed by atoms with Crippen LogP contribution in [0.2, 0.25) is 0 Å². The van der Waals surface area contributed by atoms with Gasteiger partial charge in [-0.2, -0.15) is 0 Å². The summed E-state index contributed by atoms with van der Waals surface area (Å²) in [6.45, 7) is 1.69. The number of aromatic nitrogens is 3. The lowest BCUT2D eigenvalue weighted by Crippen LogP contribution is -2.45. The fourth-order valence-corrected chi connectivity index (χ4v) is 5.52. The lowest BCUT2D eigenvalue weighted by molar-refractivity contribution is 0.0516. The van der Waals surface area contributed by atoms with Gasteiger partial charge in [-0.3, -0.25) is 4.79 Å². The second kappa shape index (κ2) is 7.00. The van der Waals surface area contributed by atoms with Gasteiger partial charge in [-0.15, -0.1) is 11.3 Å². The van der Waals surface area contributed by atoms with Gasteiger partial charge in [0.2, 0.25) is 0 Å². The number of piperidine rings is 1. The van der Waals surface area contributed by atoms with Crippen molar-refractivity contribution >= 4 is 27.5 Å². The summed E-state index contributed by atoms with van der Waals surface area (Å²) in [5, 5.41) is 0.764. The molecule has 27 heavy (non-hydrogen) atoms. The molecule has 1 saturated carbocycles. The summed E-state index contributed by atoms with van der Waals surface area (Å²) in [6, 6.07) is 8.01. The summed E-state index contributed by atoms with van der Waals surface area (Å²) < 4.78 is 1.10. The Hall–Kier alpha value is -2.34. The third-order valence-corrected chi connectivity index (χ3v) is 7.02. The Bertz CT molecular complexity index is 952. The second-order valence-corrected chi connectivity index (χ2v) is 8.62. The highest BCUT2D eigenvalue weighted by atomic mass is 32.1. The van der Waals surface area contributed by atoms with Gasteiger partial charge in [0, 0.05) is 25.5 Å². The Morgan fingerprint density at radius 2 is 1.85 bits per heavy atom. The van der Waals surface area contributed by atoms with Crippen LogP contribution in [0.5, 0.6) is 0 Å². The van der Waals surface area contributed by atoms with E-state index in [4.69, 9.17) is 0 Å². The first-order valence-corrected chi connectivity index (χ1v) is 10.6. The number of likely N-dealkylation sites (tertiary alicyclic amines) is 1. The molecule has 0 spiro atoms. The molecule has 1 amide bonds. The zero-order chi connectivity index (χ0) is 18.2. The summed E-state index contributed by atoms with van der Waals surface area (Å²) in [7, 11) is 0.